The van der Waals surface area contributed by atoms with Gasteiger partial charge in [0.2, 0.25) is 0 Å². The second-order valence-corrected chi connectivity index (χ2v) is 6.33. The molecule has 18 heavy (non-hydrogen) atoms. The first-order chi connectivity index (χ1) is 8.61. The number of hydrogen-bond donors (Lipinski definition) is 1. The molecule has 1 heterocycles. The molecular weight excluding hydrogens is 222 g/mol. The molecule has 0 aliphatic carbocycles. The van der Waals surface area contributed by atoms with Crippen LogP contribution < -0.4 is 5.73 Å². The molecule has 0 bridgehead atoms. The summed E-state index contributed by atoms with van der Waals surface area (Å²) in [4.78, 5) is 4.98. The maximum atomic E-state index is 5.58. The predicted octanol–water partition coefficient (Wildman–Crippen LogP) is 2.03. The van der Waals surface area contributed by atoms with Gasteiger partial charge >= 0.3 is 0 Å². The molecule has 1 rings (SSSR count). The van der Waals surface area contributed by atoms with Crippen LogP contribution in [0.25, 0.3) is 0 Å². The Morgan fingerprint density at radius 3 is 2.56 bits per heavy atom. The molecule has 0 radical (unpaired) electrons. The van der Waals surface area contributed by atoms with E-state index in [1.165, 1.54) is 58.3 Å². The molecule has 1 unspecified atom stereocenters. The second-order valence-electron chi connectivity index (χ2n) is 6.33. The van der Waals surface area contributed by atoms with E-state index in [1.807, 2.05) is 0 Å². The Balaban J connectivity index is 2.04. The molecule has 0 amide bonds. The number of rotatable bonds is 8. The monoisotopic (exact) mass is 255 g/mol. The van der Waals surface area contributed by atoms with Crippen molar-refractivity contribution in [2.24, 2.45) is 17.6 Å². The largest absolute Gasteiger partial charge is 0.330 e. The quantitative estimate of drug-likeness (QED) is 0.720. The molecular formula is C15H33N3. The summed E-state index contributed by atoms with van der Waals surface area (Å²) in [5, 5.41) is 0. The zero-order valence-corrected chi connectivity index (χ0v) is 12.7. The van der Waals surface area contributed by atoms with E-state index < -0.39 is 0 Å². The van der Waals surface area contributed by atoms with E-state index in [-0.39, 0.29) is 0 Å². The zero-order chi connectivity index (χ0) is 13.4. The summed E-state index contributed by atoms with van der Waals surface area (Å²) in [7, 11) is 4.52. The van der Waals surface area contributed by atoms with Gasteiger partial charge in [0.05, 0.1) is 0 Å². The van der Waals surface area contributed by atoms with Gasteiger partial charge in [0.15, 0.2) is 0 Å². The Kier molecular flexibility index (Phi) is 7.87. The van der Waals surface area contributed by atoms with Crippen molar-refractivity contribution in [2.75, 3.05) is 46.8 Å². The Hall–Kier alpha value is -0.120. The SMILES string of the molecule is CC(CCN)CCCN(C)CC1CCN(C)CC1. The molecule has 1 saturated heterocycles. The third-order valence-electron chi connectivity index (χ3n) is 4.30. The van der Waals surface area contributed by atoms with E-state index in [0.29, 0.717) is 0 Å². The van der Waals surface area contributed by atoms with Crippen LogP contribution in [0, 0.1) is 11.8 Å². The molecule has 3 nitrogen and oxygen atoms in total. The maximum absolute atomic E-state index is 5.58. The molecule has 108 valence electrons. The average Bonchev–Trinajstić information content (AvgIpc) is 2.32. The van der Waals surface area contributed by atoms with Gasteiger partial charge in [0, 0.05) is 6.54 Å². The van der Waals surface area contributed by atoms with Crippen molar-refractivity contribution < 1.29 is 0 Å². The third-order valence-corrected chi connectivity index (χ3v) is 4.30. The van der Waals surface area contributed by atoms with Crippen molar-refractivity contribution in [3.63, 3.8) is 0 Å². The fourth-order valence-corrected chi connectivity index (χ4v) is 2.92. The van der Waals surface area contributed by atoms with E-state index in [0.717, 1.165) is 18.4 Å². The van der Waals surface area contributed by atoms with Crippen molar-refractivity contribution in [1.82, 2.24) is 9.80 Å². The lowest BCUT2D eigenvalue weighted by Gasteiger charge is -2.31. The molecule has 3 heteroatoms. The maximum Gasteiger partial charge on any atom is 0.000756 e. The van der Waals surface area contributed by atoms with Crippen LogP contribution in [-0.2, 0) is 0 Å². The standard InChI is InChI=1S/C15H33N3/c1-14(6-9-16)5-4-10-18(3)13-15-7-11-17(2)12-8-15/h14-15H,4-13,16H2,1-3H3. The third kappa shape index (κ3) is 6.72. The van der Waals surface area contributed by atoms with Gasteiger partial charge in [0.25, 0.3) is 0 Å². The number of hydrogen-bond acceptors (Lipinski definition) is 3. The molecule has 0 spiro atoms. The predicted molar refractivity (Wildman–Crippen MR) is 79.8 cm³/mol. The van der Waals surface area contributed by atoms with Gasteiger partial charge < -0.3 is 15.5 Å². The normalized spacial score (nSPS) is 20.5. The fraction of sp³-hybridized carbons (Fsp3) is 1.00. The van der Waals surface area contributed by atoms with Crippen LogP contribution in [0.4, 0.5) is 0 Å². The molecule has 0 aromatic carbocycles. The summed E-state index contributed by atoms with van der Waals surface area (Å²) in [6.07, 6.45) is 6.59. The first kappa shape index (κ1) is 15.9. The van der Waals surface area contributed by atoms with Crippen molar-refractivity contribution in [3.8, 4) is 0 Å². The summed E-state index contributed by atoms with van der Waals surface area (Å²) in [5.74, 6) is 1.72. The summed E-state index contributed by atoms with van der Waals surface area (Å²) in [6.45, 7) is 8.27. The Morgan fingerprint density at radius 1 is 1.28 bits per heavy atom. The van der Waals surface area contributed by atoms with Gasteiger partial charge in [-0.2, -0.15) is 0 Å². The molecule has 0 saturated carbocycles. The number of piperidine rings is 1. The Morgan fingerprint density at radius 2 is 1.94 bits per heavy atom. The van der Waals surface area contributed by atoms with Gasteiger partial charge in [-0.25, -0.2) is 0 Å². The highest BCUT2D eigenvalue weighted by atomic mass is 15.1. The topological polar surface area (TPSA) is 32.5 Å². The van der Waals surface area contributed by atoms with Gasteiger partial charge in [-0.15, -0.1) is 0 Å². The van der Waals surface area contributed by atoms with Gasteiger partial charge in [0.1, 0.15) is 0 Å². The number of nitrogens with zero attached hydrogens (tertiary/aromatic N) is 2. The molecule has 1 aliphatic rings. The van der Waals surface area contributed by atoms with E-state index >= 15 is 0 Å². The average molecular weight is 255 g/mol. The van der Waals surface area contributed by atoms with E-state index in [4.69, 9.17) is 5.73 Å². The van der Waals surface area contributed by atoms with Crippen molar-refractivity contribution in [3.05, 3.63) is 0 Å². The molecule has 1 fully saturated rings. The smallest absolute Gasteiger partial charge is 0.000756 e. The lowest BCUT2D eigenvalue weighted by molar-refractivity contribution is 0.174. The summed E-state index contributed by atoms with van der Waals surface area (Å²) < 4.78 is 0. The van der Waals surface area contributed by atoms with Gasteiger partial charge in [-0.3, -0.25) is 0 Å². The molecule has 0 aromatic heterocycles. The lowest BCUT2D eigenvalue weighted by atomic mass is 9.96. The highest BCUT2D eigenvalue weighted by Crippen LogP contribution is 2.17. The molecule has 1 atom stereocenters. The first-order valence-corrected chi connectivity index (χ1v) is 7.69. The van der Waals surface area contributed by atoms with Crippen molar-refractivity contribution >= 4 is 0 Å². The van der Waals surface area contributed by atoms with Crippen LogP contribution in [0.3, 0.4) is 0 Å². The minimum Gasteiger partial charge on any atom is -0.330 e. The van der Waals surface area contributed by atoms with Crippen LogP contribution in [0.15, 0.2) is 0 Å². The van der Waals surface area contributed by atoms with Gasteiger partial charge in [-0.05, 0) is 84.2 Å². The Labute approximate surface area is 114 Å². The van der Waals surface area contributed by atoms with Gasteiger partial charge in [-0.1, -0.05) is 6.92 Å². The fourth-order valence-electron chi connectivity index (χ4n) is 2.92. The summed E-state index contributed by atoms with van der Waals surface area (Å²) >= 11 is 0. The molecule has 1 aliphatic heterocycles. The van der Waals surface area contributed by atoms with Crippen LogP contribution in [0.2, 0.25) is 0 Å². The Bertz CT molecular complexity index is 200. The van der Waals surface area contributed by atoms with E-state index in [9.17, 15) is 0 Å². The van der Waals surface area contributed by atoms with Crippen LogP contribution in [0.1, 0.15) is 39.0 Å². The zero-order valence-electron chi connectivity index (χ0n) is 12.7. The first-order valence-electron chi connectivity index (χ1n) is 7.69. The molecule has 0 aromatic rings. The van der Waals surface area contributed by atoms with Crippen LogP contribution >= 0.6 is 0 Å². The van der Waals surface area contributed by atoms with Crippen LogP contribution in [-0.4, -0.2) is 56.6 Å². The van der Waals surface area contributed by atoms with Crippen molar-refractivity contribution in [2.45, 2.75) is 39.0 Å². The minimum atomic E-state index is 0.798. The number of nitrogens with two attached hydrogens (primary N) is 1. The van der Waals surface area contributed by atoms with E-state index in [1.54, 1.807) is 0 Å². The second kappa shape index (κ2) is 8.89. The van der Waals surface area contributed by atoms with E-state index in [2.05, 4.69) is 30.8 Å². The highest BCUT2D eigenvalue weighted by molar-refractivity contribution is 4.72. The van der Waals surface area contributed by atoms with Crippen molar-refractivity contribution in [1.29, 1.82) is 0 Å². The summed E-state index contributed by atoms with van der Waals surface area (Å²) in [5.41, 5.74) is 5.58. The lowest BCUT2D eigenvalue weighted by Crippen LogP contribution is -2.36. The highest BCUT2D eigenvalue weighted by Gasteiger charge is 2.17. The number of likely N-dealkylation sites (tertiary alicyclic amines) is 1. The minimum absolute atomic E-state index is 0.798. The van der Waals surface area contributed by atoms with Crippen LogP contribution in [0.5, 0.6) is 0 Å². The summed E-state index contributed by atoms with van der Waals surface area (Å²) in [6, 6.07) is 0. The molecule has 2 N–H and O–H groups in total.